The number of ether oxygens (including phenoxy) is 1. The molecule has 0 fully saturated rings. The molecule has 0 radical (unpaired) electrons. The number of carbonyl (C=O) groups excluding carboxylic acids is 1. The fourth-order valence-corrected chi connectivity index (χ4v) is 4.16. The molecule has 0 unspecified atom stereocenters. The molecule has 0 saturated carbocycles. The molecule has 5 nitrogen and oxygen atoms in total. The normalized spacial score (nSPS) is 10.8. The first kappa shape index (κ1) is 19.4. The van der Waals surface area contributed by atoms with E-state index in [9.17, 15) is 4.79 Å². The molecule has 0 saturated heterocycles. The number of rotatable bonds is 6. The molecule has 7 heteroatoms. The number of halogens is 1. The summed E-state index contributed by atoms with van der Waals surface area (Å²) in [6.07, 6.45) is 1.90. The summed E-state index contributed by atoms with van der Waals surface area (Å²) >= 11 is 7.72. The van der Waals surface area contributed by atoms with Crippen LogP contribution in [0.1, 0.15) is 11.3 Å². The molecule has 146 valence electrons. The highest BCUT2D eigenvalue weighted by Crippen LogP contribution is 2.32. The van der Waals surface area contributed by atoms with Gasteiger partial charge in [-0.2, -0.15) is 0 Å². The summed E-state index contributed by atoms with van der Waals surface area (Å²) in [5.74, 6) is 0.668. The monoisotopic (exact) mass is 423 g/mol. The van der Waals surface area contributed by atoms with Crippen LogP contribution in [-0.2, 0) is 17.8 Å². The minimum atomic E-state index is -0.0882. The van der Waals surface area contributed by atoms with Crippen molar-refractivity contribution in [1.29, 1.82) is 0 Å². The number of aromatic nitrogens is 2. The maximum absolute atomic E-state index is 13.3. The molecule has 0 N–H and O–H groups in total. The predicted octanol–water partition coefficient (Wildman–Crippen LogP) is 5.13. The topological polar surface area (TPSA) is 55.3 Å². The molecule has 0 bridgehead atoms. The van der Waals surface area contributed by atoms with Gasteiger partial charge in [0.1, 0.15) is 5.75 Å². The number of pyridine rings is 1. The molecule has 4 aromatic rings. The number of amides is 1. The standard InChI is InChI=1S/C22H18ClN3O2S/c1-28-17-9-10-19-20(13-17)29-22(25-19)26(14-16-7-4-5-11-24-16)21(27)12-15-6-2-3-8-18(15)23/h2-11,13H,12,14H2,1H3. The fraction of sp³-hybridized carbons (Fsp3) is 0.136. The van der Waals surface area contributed by atoms with Crippen LogP contribution in [0.4, 0.5) is 5.13 Å². The maximum Gasteiger partial charge on any atom is 0.233 e. The summed E-state index contributed by atoms with van der Waals surface area (Å²) < 4.78 is 6.26. The summed E-state index contributed by atoms with van der Waals surface area (Å²) in [6, 6.07) is 18.7. The van der Waals surface area contributed by atoms with Crippen LogP contribution in [0.5, 0.6) is 5.75 Å². The van der Waals surface area contributed by atoms with E-state index in [0.29, 0.717) is 16.7 Å². The van der Waals surface area contributed by atoms with E-state index in [2.05, 4.69) is 9.97 Å². The molecular weight excluding hydrogens is 406 g/mol. The third-order valence-corrected chi connectivity index (χ3v) is 5.87. The number of hydrogen-bond donors (Lipinski definition) is 0. The zero-order valence-corrected chi connectivity index (χ0v) is 17.3. The van der Waals surface area contributed by atoms with Gasteiger partial charge in [0.05, 0.1) is 36.0 Å². The highest BCUT2D eigenvalue weighted by atomic mass is 35.5. The van der Waals surface area contributed by atoms with E-state index >= 15 is 0 Å². The largest absolute Gasteiger partial charge is 0.497 e. The minimum Gasteiger partial charge on any atom is -0.497 e. The second-order valence-corrected chi connectivity index (χ2v) is 7.82. The van der Waals surface area contributed by atoms with E-state index in [4.69, 9.17) is 16.3 Å². The van der Waals surface area contributed by atoms with Gasteiger partial charge < -0.3 is 4.74 Å². The van der Waals surface area contributed by atoms with Crippen LogP contribution in [0, 0.1) is 0 Å². The second-order valence-electron chi connectivity index (χ2n) is 6.40. The predicted molar refractivity (Wildman–Crippen MR) is 117 cm³/mol. The van der Waals surface area contributed by atoms with Gasteiger partial charge in [0.2, 0.25) is 5.91 Å². The highest BCUT2D eigenvalue weighted by molar-refractivity contribution is 7.22. The van der Waals surface area contributed by atoms with Gasteiger partial charge in [-0.25, -0.2) is 4.98 Å². The van der Waals surface area contributed by atoms with E-state index < -0.39 is 0 Å². The van der Waals surface area contributed by atoms with Crippen LogP contribution >= 0.6 is 22.9 Å². The molecule has 0 aliphatic rings. The van der Waals surface area contributed by atoms with Crippen molar-refractivity contribution in [2.75, 3.05) is 12.0 Å². The van der Waals surface area contributed by atoms with Crippen LogP contribution in [0.3, 0.4) is 0 Å². The second kappa shape index (κ2) is 8.59. The molecule has 4 rings (SSSR count). The van der Waals surface area contributed by atoms with E-state index in [1.165, 1.54) is 11.3 Å². The van der Waals surface area contributed by atoms with Crippen LogP contribution in [0.15, 0.2) is 66.9 Å². The Bertz CT molecular complexity index is 1150. The quantitative estimate of drug-likeness (QED) is 0.431. The molecule has 1 amide bonds. The molecule has 0 aliphatic heterocycles. The lowest BCUT2D eigenvalue weighted by molar-refractivity contribution is -0.118. The Hall–Kier alpha value is -2.96. The van der Waals surface area contributed by atoms with Crippen LogP contribution in [-0.4, -0.2) is 23.0 Å². The number of nitrogens with zero attached hydrogens (tertiary/aromatic N) is 3. The van der Waals surface area contributed by atoms with Crippen molar-refractivity contribution in [2.24, 2.45) is 0 Å². The number of anilines is 1. The van der Waals surface area contributed by atoms with E-state index in [0.717, 1.165) is 27.2 Å². The van der Waals surface area contributed by atoms with Crippen molar-refractivity contribution >= 4 is 44.2 Å². The maximum atomic E-state index is 13.3. The summed E-state index contributed by atoms with van der Waals surface area (Å²) in [5.41, 5.74) is 2.40. The van der Waals surface area contributed by atoms with Crippen molar-refractivity contribution in [3.8, 4) is 5.75 Å². The van der Waals surface area contributed by atoms with Gasteiger partial charge in [-0.15, -0.1) is 0 Å². The van der Waals surface area contributed by atoms with Crippen molar-refractivity contribution in [2.45, 2.75) is 13.0 Å². The molecule has 29 heavy (non-hydrogen) atoms. The van der Waals surface area contributed by atoms with Gasteiger partial charge in [-0.3, -0.25) is 14.7 Å². The van der Waals surface area contributed by atoms with Gasteiger partial charge in [0.25, 0.3) is 0 Å². The van der Waals surface area contributed by atoms with Gasteiger partial charge in [-0.1, -0.05) is 47.2 Å². The molecule has 0 atom stereocenters. The van der Waals surface area contributed by atoms with Gasteiger partial charge in [0.15, 0.2) is 5.13 Å². The van der Waals surface area contributed by atoms with Crippen LogP contribution in [0.25, 0.3) is 10.2 Å². The van der Waals surface area contributed by atoms with E-state index in [-0.39, 0.29) is 12.3 Å². The highest BCUT2D eigenvalue weighted by Gasteiger charge is 2.22. The Morgan fingerprint density at radius 3 is 2.72 bits per heavy atom. The van der Waals surface area contributed by atoms with Crippen molar-refractivity contribution in [1.82, 2.24) is 9.97 Å². The zero-order chi connectivity index (χ0) is 20.2. The third-order valence-electron chi connectivity index (χ3n) is 4.46. The summed E-state index contributed by atoms with van der Waals surface area (Å²) in [5, 5.41) is 1.20. The first-order valence-electron chi connectivity index (χ1n) is 9.02. The number of fused-ring (bicyclic) bond motifs is 1. The fourth-order valence-electron chi connectivity index (χ4n) is 2.95. The van der Waals surface area contributed by atoms with Crippen molar-refractivity contribution in [3.63, 3.8) is 0 Å². The molecule has 2 aromatic carbocycles. The molecule has 2 heterocycles. The molecule has 0 spiro atoms. The molecule has 2 aromatic heterocycles. The number of carbonyl (C=O) groups is 1. The number of hydrogen-bond acceptors (Lipinski definition) is 5. The molecule has 0 aliphatic carbocycles. The summed E-state index contributed by atoms with van der Waals surface area (Å²) in [6.45, 7) is 0.334. The van der Waals surface area contributed by atoms with Crippen molar-refractivity contribution < 1.29 is 9.53 Å². The third kappa shape index (κ3) is 4.39. The van der Waals surface area contributed by atoms with Crippen LogP contribution < -0.4 is 9.64 Å². The van der Waals surface area contributed by atoms with Gasteiger partial charge in [0, 0.05) is 11.2 Å². The van der Waals surface area contributed by atoms with E-state index in [1.807, 2.05) is 54.6 Å². The zero-order valence-electron chi connectivity index (χ0n) is 15.7. The number of thiazole rings is 1. The Kier molecular flexibility index (Phi) is 5.74. The summed E-state index contributed by atoms with van der Waals surface area (Å²) in [4.78, 5) is 24.0. The Morgan fingerprint density at radius 1 is 1.14 bits per heavy atom. The lowest BCUT2D eigenvalue weighted by Crippen LogP contribution is -2.32. The Morgan fingerprint density at radius 2 is 1.97 bits per heavy atom. The molecular formula is C22H18ClN3O2S. The SMILES string of the molecule is COc1ccc2nc(N(Cc3ccccn3)C(=O)Cc3ccccc3Cl)sc2c1. The van der Waals surface area contributed by atoms with Gasteiger partial charge in [-0.05, 0) is 42.0 Å². The first-order chi connectivity index (χ1) is 14.1. The Labute approximate surface area is 177 Å². The number of methoxy groups -OCH3 is 1. The van der Waals surface area contributed by atoms with E-state index in [1.54, 1.807) is 24.3 Å². The minimum absolute atomic E-state index is 0.0882. The lowest BCUT2D eigenvalue weighted by Gasteiger charge is -2.20. The Balaban J connectivity index is 1.70. The average Bonchev–Trinajstić information content (AvgIpc) is 3.17. The summed E-state index contributed by atoms with van der Waals surface area (Å²) in [7, 11) is 1.63. The van der Waals surface area contributed by atoms with Gasteiger partial charge >= 0.3 is 0 Å². The average molecular weight is 424 g/mol. The van der Waals surface area contributed by atoms with Crippen molar-refractivity contribution in [3.05, 3.63) is 83.1 Å². The lowest BCUT2D eigenvalue weighted by atomic mass is 10.1. The number of benzene rings is 2. The van der Waals surface area contributed by atoms with Crippen LogP contribution in [0.2, 0.25) is 5.02 Å². The smallest absolute Gasteiger partial charge is 0.233 e. The first-order valence-corrected chi connectivity index (χ1v) is 10.2.